The zero-order valence-corrected chi connectivity index (χ0v) is 13.2. The lowest BCUT2D eigenvalue weighted by Crippen LogP contribution is -2.34. The van der Waals surface area contributed by atoms with Gasteiger partial charge in [0.1, 0.15) is 6.04 Å². The first-order chi connectivity index (χ1) is 11.7. The van der Waals surface area contributed by atoms with E-state index in [1.807, 2.05) is 30.3 Å². The molecular formula is C16H14ClN5O2. The van der Waals surface area contributed by atoms with Crippen molar-refractivity contribution < 1.29 is 9.90 Å². The number of aliphatic hydroxyl groups excluding tert-OH is 1. The summed E-state index contributed by atoms with van der Waals surface area (Å²) in [7, 11) is 0. The van der Waals surface area contributed by atoms with Crippen LogP contribution in [0, 0.1) is 0 Å². The molecule has 0 spiro atoms. The maximum atomic E-state index is 12.5. The summed E-state index contributed by atoms with van der Waals surface area (Å²) in [6, 6.07) is 15.2. The van der Waals surface area contributed by atoms with Crippen molar-refractivity contribution in [3.05, 3.63) is 76.6 Å². The molecule has 3 aromatic rings. The summed E-state index contributed by atoms with van der Waals surface area (Å²) in [5.41, 5.74) is 1.09. The van der Waals surface area contributed by atoms with Gasteiger partial charge >= 0.3 is 0 Å². The van der Waals surface area contributed by atoms with Crippen LogP contribution in [-0.2, 0) is 4.79 Å². The first-order valence-corrected chi connectivity index (χ1v) is 7.56. The number of carbonyl (C=O) groups is 1. The Bertz CT molecular complexity index is 810. The number of hydrogen-bond donors (Lipinski definition) is 3. The van der Waals surface area contributed by atoms with Crippen molar-refractivity contribution in [2.75, 3.05) is 0 Å². The number of benzene rings is 2. The molecule has 0 radical (unpaired) electrons. The van der Waals surface area contributed by atoms with Gasteiger partial charge in [-0.1, -0.05) is 65.3 Å². The highest BCUT2D eigenvalue weighted by atomic mass is 35.5. The normalized spacial score (nSPS) is 13.2. The predicted molar refractivity (Wildman–Crippen MR) is 87.0 cm³/mol. The van der Waals surface area contributed by atoms with Gasteiger partial charge in [-0.15, -0.1) is 10.2 Å². The number of amides is 1. The Morgan fingerprint density at radius 1 is 1.12 bits per heavy atom. The minimum absolute atomic E-state index is 0.293. The molecule has 24 heavy (non-hydrogen) atoms. The van der Waals surface area contributed by atoms with Gasteiger partial charge in [-0.25, -0.2) is 0 Å². The monoisotopic (exact) mass is 343 g/mol. The summed E-state index contributed by atoms with van der Waals surface area (Å²) in [5, 5.41) is 27.1. The number of nitrogens with zero attached hydrogens (tertiary/aromatic N) is 3. The number of nitrogens with one attached hydrogen (secondary N) is 2. The number of H-pyrrole nitrogens is 1. The van der Waals surface area contributed by atoms with Crippen molar-refractivity contribution in [2.45, 2.75) is 12.1 Å². The molecule has 3 rings (SSSR count). The Morgan fingerprint density at radius 2 is 1.83 bits per heavy atom. The minimum atomic E-state index is -1.41. The van der Waals surface area contributed by atoms with Crippen LogP contribution in [0.1, 0.15) is 29.1 Å². The van der Waals surface area contributed by atoms with Gasteiger partial charge in [0.2, 0.25) is 5.82 Å². The van der Waals surface area contributed by atoms with Crippen molar-refractivity contribution in [2.24, 2.45) is 0 Å². The molecule has 122 valence electrons. The molecule has 2 atom stereocenters. The first-order valence-electron chi connectivity index (χ1n) is 7.18. The lowest BCUT2D eigenvalue weighted by Gasteiger charge is -2.19. The highest BCUT2D eigenvalue weighted by Crippen LogP contribution is 2.24. The van der Waals surface area contributed by atoms with Crippen LogP contribution < -0.4 is 5.32 Å². The van der Waals surface area contributed by atoms with Crippen molar-refractivity contribution in [1.29, 1.82) is 0 Å². The second-order valence-electron chi connectivity index (χ2n) is 5.05. The molecule has 0 fully saturated rings. The highest BCUT2D eigenvalue weighted by molar-refractivity contribution is 6.31. The Kier molecular flexibility index (Phi) is 4.83. The van der Waals surface area contributed by atoms with E-state index < -0.39 is 18.1 Å². The van der Waals surface area contributed by atoms with Crippen LogP contribution in [-0.4, -0.2) is 31.6 Å². The molecule has 1 amide bonds. The molecule has 0 saturated carbocycles. The molecule has 0 aliphatic heterocycles. The van der Waals surface area contributed by atoms with E-state index in [9.17, 15) is 9.90 Å². The predicted octanol–water partition coefficient (Wildman–Crippen LogP) is 1.79. The maximum absolute atomic E-state index is 12.5. The van der Waals surface area contributed by atoms with E-state index in [4.69, 9.17) is 11.6 Å². The van der Waals surface area contributed by atoms with Crippen molar-refractivity contribution >= 4 is 17.5 Å². The third kappa shape index (κ3) is 3.42. The Morgan fingerprint density at radius 3 is 2.50 bits per heavy atom. The van der Waals surface area contributed by atoms with Crippen molar-refractivity contribution in [1.82, 2.24) is 25.9 Å². The number of aliphatic hydroxyl groups is 1. The smallest absolute Gasteiger partial charge is 0.254 e. The zero-order valence-electron chi connectivity index (χ0n) is 12.4. The third-order valence-electron chi connectivity index (χ3n) is 3.49. The van der Waals surface area contributed by atoms with Gasteiger partial charge < -0.3 is 10.4 Å². The van der Waals surface area contributed by atoms with Crippen LogP contribution in [0.2, 0.25) is 5.02 Å². The van der Waals surface area contributed by atoms with Gasteiger partial charge in [-0.2, -0.15) is 5.21 Å². The highest BCUT2D eigenvalue weighted by Gasteiger charge is 2.26. The molecule has 0 bridgehead atoms. The van der Waals surface area contributed by atoms with Gasteiger partial charge in [-0.05, 0) is 11.6 Å². The van der Waals surface area contributed by atoms with Crippen molar-refractivity contribution in [3.8, 4) is 0 Å². The average Bonchev–Trinajstić information content (AvgIpc) is 3.14. The number of halogens is 1. The van der Waals surface area contributed by atoms with Crippen LogP contribution in [0.15, 0.2) is 54.6 Å². The fourth-order valence-corrected chi connectivity index (χ4v) is 2.53. The topological polar surface area (TPSA) is 104 Å². The quantitative estimate of drug-likeness (QED) is 0.655. The van der Waals surface area contributed by atoms with E-state index in [0.717, 1.165) is 5.56 Å². The van der Waals surface area contributed by atoms with Crippen LogP contribution in [0.5, 0.6) is 0 Å². The molecule has 0 aliphatic carbocycles. The summed E-state index contributed by atoms with van der Waals surface area (Å²) in [6.07, 6.45) is -1.41. The Hall–Kier alpha value is -2.77. The van der Waals surface area contributed by atoms with Crippen LogP contribution in [0.4, 0.5) is 0 Å². The van der Waals surface area contributed by atoms with Gasteiger partial charge in [0.05, 0.1) is 0 Å². The molecule has 0 aliphatic rings. The van der Waals surface area contributed by atoms with E-state index in [2.05, 4.69) is 25.9 Å². The van der Waals surface area contributed by atoms with Crippen LogP contribution in [0.3, 0.4) is 0 Å². The summed E-state index contributed by atoms with van der Waals surface area (Å²) >= 11 is 6.04. The average molecular weight is 344 g/mol. The number of hydrogen-bond acceptors (Lipinski definition) is 5. The Labute approximate surface area is 142 Å². The maximum Gasteiger partial charge on any atom is 0.254 e. The molecule has 1 aromatic heterocycles. The molecule has 1 unspecified atom stereocenters. The molecule has 2 aromatic carbocycles. The summed E-state index contributed by atoms with van der Waals surface area (Å²) in [5.74, 6) is -0.317. The second-order valence-corrected chi connectivity index (χ2v) is 5.45. The lowest BCUT2D eigenvalue weighted by atomic mass is 10.0. The van der Waals surface area contributed by atoms with Gasteiger partial charge in [-0.3, -0.25) is 4.79 Å². The minimum Gasteiger partial charge on any atom is -0.378 e. The molecule has 0 saturated heterocycles. The van der Waals surface area contributed by atoms with E-state index >= 15 is 0 Å². The van der Waals surface area contributed by atoms with E-state index in [-0.39, 0.29) is 0 Å². The molecule has 8 heteroatoms. The fourth-order valence-electron chi connectivity index (χ4n) is 2.29. The summed E-state index contributed by atoms with van der Waals surface area (Å²) in [4.78, 5) is 12.5. The SMILES string of the molecule is O=C(NC(c1ccccc1)c1nn[nH]n1)[C@H](O)c1ccccc1Cl. The van der Waals surface area contributed by atoms with E-state index in [1.165, 1.54) is 0 Å². The summed E-state index contributed by atoms with van der Waals surface area (Å²) in [6.45, 7) is 0. The van der Waals surface area contributed by atoms with Crippen LogP contribution >= 0.6 is 11.6 Å². The number of rotatable bonds is 5. The second kappa shape index (κ2) is 7.20. The molecular weight excluding hydrogens is 330 g/mol. The van der Waals surface area contributed by atoms with Gasteiger partial charge in [0.25, 0.3) is 5.91 Å². The number of carbonyl (C=O) groups excluding carboxylic acids is 1. The van der Waals surface area contributed by atoms with E-state index in [1.54, 1.807) is 24.3 Å². The molecule has 1 heterocycles. The Balaban J connectivity index is 1.85. The van der Waals surface area contributed by atoms with Crippen molar-refractivity contribution in [3.63, 3.8) is 0 Å². The number of aromatic amines is 1. The number of tetrazole rings is 1. The first kappa shape index (κ1) is 16.1. The molecule has 3 N–H and O–H groups in total. The zero-order chi connectivity index (χ0) is 16.9. The standard InChI is InChI=1S/C16H14ClN5O2/c17-12-9-5-4-8-11(12)14(23)16(24)18-13(15-19-21-22-20-15)10-6-2-1-3-7-10/h1-9,13-14,23H,(H,18,24)(H,19,20,21,22)/t13?,14-/m1/s1. The lowest BCUT2D eigenvalue weighted by molar-refractivity contribution is -0.130. The fraction of sp³-hybridized carbons (Fsp3) is 0.125. The third-order valence-corrected chi connectivity index (χ3v) is 3.83. The van der Waals surface area contributed by atoms with Crippen LogP contribution in [0.25, 0.3) is 0 Å². The largest absolute Gasteiger partial charge is 0.378 e. The summed E-state index contributed by atoms with van der Waals surface area (Å²) < 4.78 is 0. The number of aromatic nitrogens is 4. The molecule has 7 nitrogen and oxygen atoms in total. The van der Waals surface area contributed by atoms with E-state index in [0.29, 0.717) is 16.4 Å². The van der Waals surface area contributed by atoms with Gasteiger partial charge in [0, 0.05) is 10.6 Å². The van der Waals surface area contributed by atoms with Gasteiger partial charge in [0.15, 0.2) is 6.10 Å².